The lowest BCUT2D eigenvalue weighted by atomic mass is 9.62. The third-order valence-electron chi connectivity index (χ3n) is 5.70. The second-order valence-corrected chi connectivity index (χ2v) is 8.59. The molecular weight excluding hydrogens is 232 g/mol. The van der Waals surface area contributed by atoms with E-state index in [2.05, 4.69) is 34.6 Å². The number of carbonyl (C=O) groups excluding carboxylic acids is 1. The van der Waals surface area contributed by atoms with Crippen LogP contribution in [-0.4, -0.2) is 5.78 Å². The Bertz CT molecular complexity index is 315. The average molecular weight is 264 g/mol. The Kier molecular flexibility index (Phi) is 4.42. The first-order chi connectivity index (χ1) is 8.77. The Hall–Kier alpha value is -0.330. The van der Waals surface area contributed by atoms with Crippen molar-refractivity contribution in [3.63, 3.8) is 0 Å². The molecule has 2 aliphatic carbocycles. The molecule has 19 heavy (non-hydrogen) atoms. The van der Waals surface area contributed by atoms with Gasteiger partial charge < -0.3 is 0 Å². The molecule has 1 heteroatoms. The quantitative estimate of drug-likeness (QED) is 0.644. The van der Waals surface area contributed by atoms with E-state index in [9.17, 15) is 4.79 Å². The lowest BCUT2D eigenvalue weighted by Crippen LogP contribution is -2.38. The van der Waals surface area contributed by atoms with E-state index in [0.29, 0.717) is 23.0 Å². The van der Waals surface area contributed by atoms with Crippen molar-refractivity contribution in [2.45, 2.75) is 73.1 Å². The minimum absolute atomic E-state index is 0.366. The van der Waals surface area contributed by atoms with E-state index in [4.69, 9.17) is 0 Å². The summed E-state index contributed by atoms with van der Waals surface area (Å²) in [7, 11) is 0. The normalized spacial score (nSPS) is 41.3. The highest BCUT2D eigenvalue weighted by Crippen LogP contribution is 2.46. The Balaban J connectivity index is 2.06. The number of Topliss-reactive ketones (excluding diaryl/α,β-unsaturated/α-hetero) is 1. The van der Waals surface area contributed by atoms with Crippen LogP contribution in [0.15, 0.2) is 0 Å². The van der Waals surface area contributed by atoms with Gasteiger partial charge in [0.2, 0.25) is 0 Å². The van der Waals surface area contributed by atoms with E-state index >= 15 is 0 Å². The molecular formula is C18H32O. The van der Waals surface area contributed by atoms with Gasteiger partial charge in [-0.1, -0.05) is 34.6 Å². The fourth-order valence-electron chi connectivity index (χ4n) is 4.64. The van der Waals surface area contributed by atoms with Gasteiger partial charge in [-0.15, -0.1) is 0 Å². The smallest absolute Gasteiger partial charge is 0.136 e. The predicted molar refractivity (Wildman–Crippen MR) is 81.0 cm³/mol. The summed E-state index contributed by atoms with van der Waals surface area (Å²) in [5, 5.41) is 0. The van der Waals surface area contributed by atoms with Gasteiger partial charge in [-0.25, -0.2) is 0 Å². The molecule has 4 unspecified atom stereocenters. The van der Waals surface area contributed by atoms with Crippen LogP contribution in [0.2, 0.25) is 0 Å². The van der Waals surface area contributed by atoms with Crippen LogP contribution >= 0.6 is 0 Å². The molecule has 2 saturated carbocycles. The predicted octanol–water partition coefficient (Wildman–Crippen LogP) is 5.09. The topological polar surface area (TPSA) is 17.1 Å². The molecule has 0 radical (unpaired) electrons. The first-order valence-corrected chi connectivity index (χ1v) is 8.30. The zero-order chi connectivity index (χ0) is 14.2. The summed E-state index contributed by atoms with van der Waals surface area (Å²) < 4.78 is 0. The van der Waals surface area contributed by atoms with Gasteiger partial charge in [0, 0.05) is 12.3 Å². The second kappa shape index (κ2) is 5.58. The summed E-state index contributed by atoms with van der Waals surface area (Å²) in [6, 6.07) is 0. The van der Waals surface area contributed by atoms with Crippen LogP contribution in [0, 0.1) is 35.0 Å². The largest absolute Gasteiger partial charge is 0.299 e. The Labute approximate surface area is 119 Å². The third kappa shape index (κ3) is 3.61. The van der Waals surface area contributed by atoms with Crippen LogP contribution in [-0.2, 0) is 4.79 Å². The Morgan fingerprint density at radius 1 is 0.947 bits per heavy atom. The highest BCUT2D eigenvalue weighted by Gasteiger charge is 2.40. The van der Waals surface area contributed by atoms with Crippen LogP contribution in [0.3, 0.4) is 0 Å². The lowest BCUT2D eigenvalue weighted by molar-refractivity contribution is -0.129. The number of hydrogen-bond donors (Lipinski definition) is 0. The maximum Gasteiger partial charge on any atom is 0.136 e. The first kappa shape index (κ1) is 15.1. The molecule has 2 aliphatic rings. The fraction of sp³-hybridized carbons (Fsp3) is 0.944. The highest BCUT2D eigenvalue weighted by molar-refractivity contribution is 5.82. The maximum atomic E-state index is 12.4. The summed E-state index contributed by atoms with van der Waals surface area (Å²) in [5.74, 6) is 4.00. The zero-order valence-corrected chi connectivity index (χ0v) is 13.5. The molecule has 110 valence electrons. The second-order valence-electron chi connectivity index (χ2n) is 8.59. The molecule has 4 atom stereocenters. The Morgan fingerprint density at radius 2 is 1.53 bits per heavy atom. The molecule has 2 rings (SSSR count). The number of carbonyl (C=O) groups is 1. The van der Waals surface area contributed by atoms with Crippen LogP contribution < -0.4 is 0 Å². The van der Waals surface area contributed by atoms with Crippen molar-refractivity contribution in [3.05, 3.63) is 0 Å². The summed E-state index contributed by atoms with van der Waals surface area (Å²) in [6.07, 6.45) is 7.06. The SMILES string of the molecule is CC1CC(C)CC(C2CC(C(C)(C)C)CCC2=O)C1. The summed E-state index contributed by atoms with van der Waals surface area (Å²) in [6.45, 7) is 11.8. The van der Waals surface area contributed by atoms with Crippen LogP contribution in [0.25, 0.3) is 0 Å². The summed E-state index contributed by atoms with van der Waals surface area (Å²) in [5.41, 5.74) is 0.366. The maximum absolute atomic E-state index is 12.4. The van der Waals surface area contributed by atoms with Crippen molar-refractivity contribution in [3.8, 4) is 0 Å². The van der Waals surface area contributed by atoms with Crippen molar-refractivity contribution < 1.29 is 4.79 Å². The van der Waals surface area contributed by atoms with Crippen molar-refractivity contribution in [1.82, 2.24) is 0 Å². The molecule has 0 amide bonds. The van der Waals surface area contributed by atoms with Crippen LogP contribution in [0.1, 0.15) is 73.1 Å². The van der Waals surface area contributed by atoms with Gasteiger partial charge in [0.15, 0.2) is 0 Å². The van der Waals surface area contributed by atoms with Gasteiger partial charge in [-0.3, -0.25) is 4.79 Å². The van der Waals surface area contributed by atoms with Crippen molar-refractivity contribution in [1.29, 1.82) is 0 Å². The van der Waals surface area contributed by atoms with Gasteiger partial charge in [-0.05, 0) is 61.2 Å². The molecule has 1 nitrogen and oxygen atoms in total. The van der Waals surface area contributed by atoms with E-state index in [0.717, 1.165) is 37.0 Å². The van der Waals surface area contributed by atoms with Gasteiger partial charge in [0.05, 0.1) is 0 Å². The van der Waals surface area contributed by atoms with Gasteiger partial charge in [-0.2, -0.15) is 0 Å². The molecule has 0 heterocycles. The summed E-state index contributed by atoms with van der Waals surface area (Å²) >= 11 is 0. The number of ketones is 1. The standard InChI is InChI=1S/C18H32O/c1-12-8-13(2)10-14(9-12)16-11-15(18(3,4)5)6-7-17(16)19/h12-16H,6-11H2,1-5H3. The van der Waals surface area contributed by atoms with E-state index in [1.807, 2.05) is 0 Å². The van der Waals surface area contributed by atoms with Crippen molar-refractivity contribution in [2.24, 2.45) is 35.0 Å². The fourth-order valence-corrected chi connectivity index (χ4v) is 4.64. The van der Waals surface area contributed by atoms with Crippen molar-refractivity contribution >= 4 is 5.78 Å². The highest BCUT2D eigenvalue weighted by atomic mass is 16.1. The van der Waals surface area contributed by atoms with E-state index < -0.39 is 0 Å². The van der Waals surface area contributed by atoms with Gasteiger partial charge in [0.25, 0.3) is 0 Å². The van der Waals surface area contributed by atoms with E-state index in [1.165, 1.54) is 19.3 Å². The molecule has 0 N–H and O–H groups in total. The molecule has 0 bridgehead atoms. The van der Waals surface area contributed by atoms with E-state index in [1.54, 1.807) is 0 Å². The van der Waals surface area contributed by atoms with Crippen LogP contribution in [0.5, 0.6) is 0 Å². The molecule has 2 fully saturated rings. The minimum atomic E-state index is 0.366. The summed E-state index contributed by atoms with van der Waals surface area (Å²) in [4.78, 5) is 12.4. The molecule has 0 spiro atoms. The number of hydrogen-bond acceptors (Lipinski definition) is 1. The van der Waals surface area contributed by atoms with Gasteiger partial charge in [0.1, 0.15) is 5.78 Å². The molecule has 0 saturated heterocycles. The van der Waals surface area contributed by atoms with Gasteiger partial charge >= 0.3 is 0 Å². The van der Waals surface area contributed by atoms with Crippen LogP contribution in [0.4, 0.5) is 0 Å². The van der Waals surface area contributed by atoms with Crippen molar-refractivity contribution in [2.75, 3.05) is 0 Å². The molecule has 0 aromatic carbocycles. The zero-order valence-electron chi connectivity index (χ0n) is 13.5. The average Bonchev–Trinajstić information content (AvgIpc) is 2.26. The lowest BCUT2D eigenvalue weighted by Gasteiger charge is -2.42. The molecule has 0 aromatic rings. The first-order valence-electron chi connectivity index (χ1n) is 8.30. The number of rotatable bonds is 1. The third-order valence-corrected chi connectivity index (χ3v) is 5.70. The molecule has 0 aliphatic heterocycles. The monoisotopic (exact) mass is 264 g/mol. The molecule has 0 aromatic heterocycles. The minimum Gasteiger partial charge on any atom is -0.299 e. The van der Waals surface area contributed by atoms with E-state index in [-0.39, 0.29) is 0 Å². The Morgan fingerprint density at radius 3 is 2.05 bits per heavy atom.